The number of halogens is 3. The second kappa shape index (κ2) is 9.41. The largest absolute Gasteiger partial charge is 0.496 e. The maximum atomic E-state index is 14.0. The number of hydrogen-bond donors (Lipinski definition) is 0. The number of rotatable bonds is 7. The molecule has 186 valence electrons. The SMILES string of the molecule is COc1cc(-c2cnc3cc(OC[C@H]4CCCN4C)ccn23)cc2c1C(=O)N(C(F)C(F)F)CC2. The van der Waals surface area contributed by atoms with Gasteiger partial charge in [0.05, 0.1) is 24.6 Å². The number of carbonyl (C=O) groups excluding carboxylic acids is 1. The first-order chi connectivity index (χ1) is 16.9. The van der Waals surface area contributed by atoms with Gasteiger partial charge in [0.25, 0.3) is 12.3 Å². The summed E-state index contributed by atoms with van der Waals surface area (Å²) in [4.78, 5) is 20.2. The minimum Gasteiger partial charge on any atom is -0.496 e. The molecule has 1 amide bonds. The molecule has 1 unspecified atom stereocenters. The highest BCUT2D eigenvalue weighted by molar-refractivity contribution is 6.00. The van der Waals surface area contributed by atoms with Gasteiger partial charge in [-0.25, -0.2) is 18.2 Å². The van der Waals surface area contributed by atoms with Gasteiger partial charge in [-0.15, -0.1) is 0 Å². The van der Waals surface area contributed by atoms with E-state index in [4.69, 9.17) is 9.47 Å². The topological polar surface area (TPSA) is 59.3 Å². The first kappa shape index (κ1) is 23.5. The maximum absolute atomic E-state index is 14.0. The Kier molecular flexibility index (Phi) is 6.31. The molecule has 3 aromatic rings. The number of benzene rings is 1. The summed E-state index contributed by atoms with van der Waals surface area (Å²) in [5.74, 6) is 0.156. The van der Waals surface area contributed by atoms with Crippen LogP contribution in [0.2, 0.25) is 0 Å². The van der Waals surface area contributed by atoms with E-state index in [1.54, 1.807) is 12.3 Å². The number of nitrogens with zero attached hydrogens (tertiary/aromatic N) is 4. The minimum absolute atomic E-state index is 0.118. The fourth-order valence-corrected chi connectivity index (χ4v) is 4.93. The number of pyridine rings is 1. The number of ether oxygens (including phenoxy) is 2. The molecule has 2 aliphatic rings. The van der Waals surface area contributed by atoms with E-state index in [-0.39, 0.29) is 24.3 Å². The number of fused-ring (bicyclic) bond motifs is 2. The number of imidazole rings is 1. The summed E-state index contributed by atoms with van der Waals surface area (Å²) < 4.78 is 53.1. The molecular weight excluding hydrogens is 461 g/mol. The van der Waals surface area contributed by atoms with E-state index in [9.17, 15) is 18.0 Å². The minimum atomic E-state index is -3.27. The Hall–Kier alpha value is -3.27. The van der Waals surface area contributed by atoms with Crippen molar-refractivity contribution in [2.24, 2.45) is 0 Å². The third kappa shape index (κ3) is 4.31. The molecule has 0 radical (unpaired) electrons. The number of likely N-dealkylation sites (tertiary alicyclic amines) is 1. The zero-order valence-corrected chi connectivity index (χ0v) is 19.6. The van der Waals surface area contributed by atoms with E-state index < -0.39 is 18.6 Å². The van der Waals surface area contributed by atoms with E-state index in [1.807, 2.05) is 28.8 Å². The first-order valence-electron chi connectivity index (χ1n) is 11.6. The lowest BCUT2D eigenvalue weighted by Gasteiger charge is -2.31. The van der Waals surface area contributed by atoms with Crippen LogP contribution in [0.3, 0.4) is 0 Å². The zero-order valence-electron chi connectivity index (χ0n) is 19.6. The quantitative estimate of drug-likeness (QED) is 0.470. The summed E-state index contributed by atoms with van der Waals surface area (Å²) in [5.41, 5.74) is 2.97. The Bertz CT molecular complexity index is 1230. The van der Waals surface area contributed by atoms with Crippen LogP contribution < -0.4 is 9.47 Å². The number of amides is 1. The highest BCUT2D eigenvalue weighted by Gasteiger charge is 2.37. The van der Waals surface area contributed by atoms with Gasteiger partial charge in [0.2, 0.25) is 6.30 Å². The molecule has 0 N–H and O–H groups in total. The van der Waals surface area contributed by atoms with Crippen LogP contribution in [0.15, 0.2) is 36.7 Å². The molecule has 1 fully saturated rings. The third-order valence-corrected chi connectivity index (χ3v) is 6.90. The maximum Gasteiger partial charge on any atom is 0.287 e. The predicted molar refractivity (Wildman–Crippen MR) is 124 cm³/mol. The second-order valence-corrected chi connectivity index (χ2v) is 8.99. The van der Waals surface area contributed by atoms with Crippen molar-refractivity contribution in [2.75, 3.05) is 33.9 Å². The van der Waals surface area contributed by atoms with E-state index in [0.717, 1.165) is 30.0 Å². The highest BCUT2D eigenvalue weighted by atomic mass is 19.3. The highest BCUT2D eigenvalue weighted by Crippen LogP contribution is 2.35. The summed E-state index contributed by atoms with van der Waals surface area (Å²) in [6.45, 7) is 1.58. The monoisotopic (exact) mass is 488 g/mol. The summed E-state index contributed by atoms with van der Waals surface area (Å²) in [6, 6.07) is 7.64. The van der Waals surface area contributed by atoms with Crippen LogP contribution in [0.25, 0.3) is 16.9 Å². The number of hydrogen-bond acceptors (Lipinski definition) is 5. The van der Waals surface area contributed by atoms with E-state index in [2.05, 4.69) is 16.9 Å². The smallest absolute Gasteiger partial charge is 0.287 e. The molecule has 0 bridgehead atoms. The molecular formula is C25H27F3N4O3. The lowest BCUT2D eigenvalue weighted by Crippen LogP contribution is -2.46. The molecule has 2 aliphatic heterocycles. The van der Waals surface area contributed by atoms with Crippen LogP contribution >= 0.6 is 0 Å². The Balaban J connectivity index is 1.43. The average Bonchev–Trinajstić information content (AvgIpc) is 3.47. The van der Waals surface area contributed by atoms with Crippen molar-refractivity contribution in [3.63, 3.8) is 0 Å². The Labute approximate surface area is 201 Å². The summed E-state index contributed by atoms with van der Waals surface area (Å²) in [5, 5.41) is 0. The number of likely N-dealkylation sites (N-methyl/N-ethyl adjacent to an activating group) is 1. The van der Waals surface area contributed by atoms with Crippen molar-refractivity contribution >= 4 is 11.6 Å². The lowest BCUT2D eigenvalue weighted by atomic mass is 9.94. The molecule has 0 saturated carbocycles. The number of alkyl halides is 3. The predicted octanol–water partition coefficient (Wildman–Crippen LogP) is 4.04. The normalized spacial score (nSPS) is 19.4. The van der Waals surface area contributed by atoms with E-state index in [0.29, 0.717) is 28.8 Å². The first-order valence-corrected chi connectivity index (χ1v) is 11.6. The van der Waals surface area contributed by atoms with Crippen LogP contribution in [-0.4, -0.2) is 77.7 Å². The Morgan fingerprint density at radius 3 is 2.74 bits per heavy atom. The zero-order chi connectivity index (χ0) is 24.7. The Morgan fingerprint density at radius 2 is 2.03 bits per heavy atom. The van der Waals surface area contributed by atoms with Gasteiger partial charge >= 0.3 is 0 Å². The molecule has 5 rings (SSSR count). The third-order valence-electron chi connectivity index (χ3n) is 6.90. The molecule has 1 aromatic carbocycles. The fraction of sp³-hybridized carbons (Fsp3) is 0.440. The van der Waals surface area contributed by atoms with Crippen LogP contribution in [-0.2, 0) is 6.42 Å². The average molecular weight is 489 g/mol. The summed E-state index contributed by atoms with van der Waals surface area (Å²) in [7, 11) is 3.50. The van der Waals surface area contributed by atoms with Crippen molar-refractivity contribution in [2.45, 2.75) is 38.0 Å². The molecule has 2 aromatic heterocycles. The number of methoxy groups -OCH3 is 1. The van der Waals surface area contributed by atoms with Gasteiger partial charge in [-0.1, -0.05) is 0 Å². The van der Waals surface area contributed by atoms with Crippen molar-refractivity contribution in [3.05, 3.63) is 47.8 Å². The Morgan fingerprint density at radius 1 is 1.20 bits per heavy atom. The fourth-order valence-electron chi connectivity index (χ4n) is 4.93. The molecule has 7 nitrogen and oxygen atoms in total. The number of aromatic nitrogens is 2. The van der Waals surface area contributed by atoms with Crippen molar-refractivity contribution in [1.29, 1.82) is 0 Å². The number of carbonyl (C=O) groups is 1. The molecule has 4 heterocycles. The molecule has 10 heteroatoms. The molecule has 35 heavy (non-hydrogen) atoms. The molecule has 1 saturated heterocycles. The van der Waals surface area contributed by atoms with Gasteiger partial charge in [0.1, 0.15) is 23.8 Å². The summed E-state index contributed by atoms with van der Waals surface area (Å²) >= 11 is 0. The van der Waals surface area contributed by atoms with Gasteiger partial charge < -0.3 is 19.3 Å². The second-order valence-electron chi connectivity index (χ2n) is 8.99. The van der Waals surface area contributed by atoms with Gasteiger partial charge in [0, 0.05) is 30.4 Å². The van der Waals surface area contributed by atoms with Crippen molar-refractivity contribution < 1.29 is 27.4 Å². The van der Waals surface area contributed by atoms with E-state index in [1.165, 1.54) is 13.5 Å². The molecule has 0 aliphatic carbocycles. The van der Waals surface area contributed by atoms with Gasteiger partial charge in [0.15, 0.2) is 0 Å². The van der Waals surface area contributed by atoms with Crippen LogP contribution in [0, 0.1) is 0 Å². The molecule has 0 spiro atoms. The standard InChI is InChI=1S/C25H27F3N4O3/c1-30-7-3-4-17(30)14-35-18-6-9-31-19(13-29-21(31)12-18)16-10-15-5-8-32(24(28)23(26)27)25(33)22(15)20(11-16)34-2/h6,9-13,17,23-24H,3-5,7-8,14H2,1-2H3/t17-,24?/m1/s1. The van der Waals surface area contributed by atoms with Crippen molar-refractivity contribution in [1.82, 2.24) is 19.2 Å². The van der Waals surface area contributed by atoms with Gasteiger partial charge in [-0.3, -0.25) is 9.20 Å². The van der Waals surface area contributed by atoms with Crippen molar-refractivity contribution in [3.8, 4) is 22.8 Å². The van der Waals surface area contributed by atoms with Crippen LogP contribution in [0.4, 0.5) is 13.2 Å². The lowest BCUT2D eigenvalue weighted by molar-refractivity contribution is -0.0382. The van der Waals surface area contributed by atoms with Crippen LogP contribution in [0.5, 0.6) is 11.5 Å². The molecule has 2 atom stereocenters. The van der Waals surface area contributed by atoms with Gasteiger partial charge in [-0.2, -0.15) is 0 Å². The van der Waals surface area contributed by atoms with Crippen LogP contribution in [0.1, 0.15) is 28.8 Å². The van der Waals surface area contributed by atoms with E-state index >= 15 is 0 Å². The summed E-state index contributed by atoms with van der Waals surface area (Å²) in [6.07, 6.45) is 0.225. The van der Waals surface area contributed by atoms with Gasteiger partial charge in [-0.05, 0) is 56.6 Å².